The Kier molecular flexibility index (Phi) is 5.90. The van der Waals surface area contributed by atoms with Gasteiger partial charge in [0.25, 0.3) is 0 Å². The minimum absolute atomic E-state index is 0.498. The van der Waals surface area contributed by atoms with Gasteiger partial charge in [-0.2, -0.15) is 0 Å². The zero-order valence-corrected chi connectivity index (χ0v) is 13.4. The molecule has 2 unspecified atom stereocenters. The molecule has 1 heterocycles. The van der Waals surface area contributed by atoms with Crippen LogP contribution < -0.4 is 10.2 Å². The lowest BCUT2D eigenvalue weighted by atomic mass is 9.98. The number of benzene rings is 1. The lowest BCUT2D eigenvalue weighted by molar-refractivity contribution is 0.450. The molecule has 0 spiro atoms. The molecule has 1 fully saturated rings. The van der Waals surface area contributed by atoms with Gasteiger partial charge in [0.05, 0.1) is 0 Å². The Morgan fingerprint density at radius 1 is 1.15 bits per heavy atom. The molecule has 1 N–H and O–H groups in total. The van der Waals surface area contributed by atoms with Crippen LogP contribution in [0.4, 0.5) is 5.69 Å². The van der Waals surface area contributed by atoms with Gasteiger partial charge in [0.1, 0.15) is 0 Å². The predicted octanol–water partition coefficient (Wildman–Crippen LogP) is 4.52. The average molecular weight is 274 g/mol. The van der Waals surface area contributed by atoms with Crippen LogP contribution in [0.15, 0.2) is 24.3 Å². The summed E-state index contributed by atoms with van der Waals surface area (Å²) in [6.45, 7) is 9.00. The number of nitrogens with one attached hydrogen (secondary N) is 1. The number of hydrogen-bond acceptors (Lipinski definition) is 2. The smallest absolute Gasteiger partial charge is 0.0368 e. The van der Waals surface area contributed by atoms with Gasteiger partial charge in [-0.15, -0.1) is 0 Å². The Bertz CT molecular complexity index is 385. The highest BCUT2D eigenvalue weighted by Crippen LogP contribution is 2.28. The molecule has 0 saturated carbocycles. The first-order valence-corrected chi connectivity index (χ1v) is 8.40. The SMILES string of the molecule is CCNC(CC)c1ccc(N2CCCCC2CC)cc1. The fraction of sp³-hybridized carbons (Fsp3) is 0.667. The van der Waals surface area contributed by atoms with Crippen molar-refractivity contribution in [2.75, 3.05) is 18.0 Å². The predicted molar refractivity (Wildman–Crippen MR) is 88.4 cm³/mol. The number of hydrogen-bond donors (Lipinski definition) is 1. The van der Waals surface area contributed by atoms with Crippen LogP contribution in [0.1, 0.15) is 64.5 Å². The zero-order valence-electron chi connectivity index (χ0n) is 13.4. The lowest BCUT2D eigenvalue weighted by Gasteiger charge is -2.37. The van der Waals surface area contributed by atoms with Crippen molar-refractivity contribution in [3.63, 3.8) is 0 Å². The van der Waals surface area contributed by atoms with Gasteiger partial charge in [-0.1, -0.05) is 32.9 Å². The maximum atomic E-state index is 3.55. The third-order valence-electron chi connectivity index (χ3n) is 4.58. The van der Waals surface area contributed by atoms with Crippen LogP contribution in [0.5, 0.6) is 0 Å². The molecule has 0 bridgehead atoms. The van der Waals surface area contributed by atoms with Crippen molar-refractivity contribution < 1.29 is 0 Å². The Hall–Kier alpha value is -1.02. The van der Waals surface area contributed by atoms with Crippen LogP contribution >= 0.6 is 0 Å². The van der Waals surface area contributed by atoms with E-state index < -0.39 is 0 Å². The van der Waals surface area contributed by atoms with Gasteiger partial charge in [0, 0.05) is 24.3 Å². The van der Waals surface area contributed by atoms with E-state index >= 15 is 0 Å². The van der Waals surface area contributed by atoms with Crippen molar-refractivity contribution in [3.8, 4) is 0 Å². The average Bonchev–Trinajstić information content (AvgIpc) is 2.53. The highest BCUT2D eigenvalue weighted by molar-refractivity contribution is 5.49. The molecule has 0 amide bonds. The number of rotatable bonds is 6. The summed E-state index contributed by atoms with van der Waals surface area (Å²) >= 11 is 0. The van der Waals surface area contributed by atoms with Gasteiger partial charge in [-0.25, -0.2) is 0 Å². The molecular formula is C18H30N2. The van der Waals surface area contributed by atoms with Crippen LogP contribution in [0, 0.1) is 0 Å². The second kappa shape index (κ2) is 7.68. The third-order valence-corrected chi connectivity index (χ3v) is 4.58. The van der Waals surface area contributed by atoms with E-state index in [1.54, 1.807) is 0 Å². The molecular weight excluding hydrogens is 244 g/mol. The molecule has 0 radical (unpaired) electrons. The first kappa shape index (κ1) is 15.4. The summed E-state index contributed by atoms with van der Waals surface area (Å²) in [6, 6.07) is 10.5. The van der Waals surface area contributed by atoms with Crippen molar-refractivity contribution in [2.45, 2.75) is 65.0 Å². The molecule has 2 rings (SSSR count). The first-order chi connectivity index (χ1) is 9.80. The molecule has 1 saturated heterocycles. The van der Waals surface area contributed by atoms with Crippen LogP contribution in [-0.2, 0) is 0 Å². The summed E-state index contributed by atoms with van der Waals surface area (Å²) in [7, 11) is 0. The van der Waals surface area contributed by atoms with Crippen molar-refractivity contribution >= 4 is 5.69 Å². The summed E-state index contributed by atoms with van der Waals surface area (Å²) in [6.07, 6.45) is 6.50. The summed E-state index contributed by atoms with van der Waals surface area (Å²) in [4.78, 5) is 2.61. The highest BCUT2D eigenvalue weighted by atomic mass is 15.2. The van der Waals surface area contributed by atoms with Gasteiger partial charge < -0.3 is 10.2 Å². The van der Waals surface area contributed by atoms with E-state index in [0.717, 1.165) is 19.0 Å². The van der Waals surface area contributed by atoms with E-state index in [-0.39, 0.29) is 0 Å². The van der Waals surface area contributed by atoms with Gasteiger partial charge >= 0.3 is 0 Å². The number of piperidine rings is 1. The second-order valence-corrected chi connectivity index (χ2v) is 5.86. The highest BCUT2D eigenvalue weighted by Gasteiger charge is 2.21. The van der Waals surface area contributed by atoms with Gasteiger partial charge in [0.2, 0.25) is 0 Å². The molecule has 2 nitrogen and oxygen atoms in total. The summed E-state index contributed by atoms with van der Waals surface area (Å²) in [5.74, 6) is 0. The van der Waals surface area contributed by atoms with Gasteiger partial charge in [-0.3, -0.25) is 0 Å². The van der Waals surface area contributed by atoms with Gasteiger partial charge in [0.15, 0.2) is 0 Å². The number of nitrogens with zero attached hydrogens (tertiary/aromatic N) is 1. The standard InChI is InChI=1S/C18H30N2/c1-4-16-9-7-8-14-20(16)17-12-10-15(11-13-17)18(5-2)19-6-3/h10-13,16,18-19H,4-9,14H2,1-3H3. The lowest BCUT2D eigenvalue weighted by Crippen LogP contribution is -2.39. The molecule has 1 aliphatic heterocycles. The summed E-state index contributed by atoms with van der Waals surface area (Å²) < 4.78 is 0. The monoisotopic (exact) mass is 274 g/mol. The van der Waals surface area contributed by atoms with Crippen LogP contribution in [-0.4, -0.2) is 19.1 Å². The summed E-state index contributed by atoms with van der Waals surface area (Å²) in [5, 5.41) is 3.55. The van der Waals surface area contributed by atoms with Crippen molar-refractivity contribution in [2.24, 2.45) is 0 Å². The van der Waals surface area contributed by atoms with E-state index in [1.165, 1.54) is 43.5 Å². The summed E-state index contributed by atoms with van der Waals surface area (Å²) in [5.41, 5.74) is 2.83. The zero-order chi connectivity index (χ0) is 14.4. The fourth-order valence-electron chi connectivity index (χ4n) is 3.41. The third kappa shape index (κ3) is 3.54. The maximum Gasteiger partial charge on any atom is 0.0368 e. The molecule has 0 aromatic heterocycles. The van der Waals surface area contributed by atoms with E-state index in [1.807, 2.05) is 0 Å². The van der Waals surface area contributed by atoms with E-state index in [2.05, 4.69) is 55.3 Å². The number of anilines is 1. The first-order valence-electron chi connectivity index (χ1n) is 8.40. The molecule has 0 aliphatic carbocycles. The quantitative estimate of drug-likeness (QED) is 0.820. The van der Waals surface area contributed by atoms with Crippen molar-refractivity contribution in [1.29, 1.82) is 0 Å². The fourth-order valence-corrected chi connectivity index (χ4v) is 3.41. The van der Waals surface area contributed by atoms with E-state index in [0.29, 0.717) is 6.04 Å². The topological polar surface area (TPSA) is 15.3 Å². The molecule has 2 heteroatoms. The largest absolute Gasteiger partial charge is 0.369 e. The maximum absolute atomic E-state index is 3.55. The Morgan fingerprint density at radius 2 is 1.90 bits per heavy atom. The normalized spacial score (nSPS) is 20.9. The van der Waals surface area contributed by atoms with E-state index in [4.69, 9.17) is 0 Å². The minimum atomic E-state index is 0.498. The molecule has 1 aromatic carbocycles. The van der Waals surface area contributed by atoms with Crippen LogP contribution in [0.25, 0.3) is 0 Å². The molecule has 2 atom stereocenters. The second-order valence-electron chi connectivity index (χ2n) is 5.86. The van der Waals surface area contributed by atoms with E-state index in [9.17, 15) is 0 Å². The van der Waals surface area contributed by atoms with Gasteiger partial charge in [-0.05, 0) is 56.3 Å². The Labute approximate surface area is 124 Å². The Balaban J connectivity index is 2.10. The van der Waals surface area contributed by atoms with Crippen LogP contribution in [0.3, 0.4) is 0 Å². The molecule has 20 heavy (non-hydrogen) atoms. The molecule has 1 aromatic rings. The van der Waals surface area contributed by atoms with Crippen molar-refractivity contribution in [1.82, 2.24) is 5.32 Å². The van der Waals surface area contributed by atoms with Crippen molar-refractivity contribution in [3.05, 3.63) is 29.8 Å². The molecule has 112 valence electrons. The van der Waals surface area contributed by atoms with Crippen LogP contribution in [0.2, 0.25) is 0 Å². The minimum Gasteiger partial charge on any atom is -0.369 e. The molecule has 1 aliphatic rings. The Morgan fingerprint density at radius 3 is 2.50 bits per heavy atom.